The lowest BCUT2D eigenvalue weighted by Gasteiger charge is -2.32. The normalized spacial score (nSPS) is 34.6. The van der Waals surface area contributed by atoms with E-state index in [9.17, 15) is 14.4 Å². The molecule has 8 heteroatoms. The van der Waals surface area contributed by atoms with Gasteiger partial charge in [-0.25, -0.2) is 0 Å². The molecular weight excluding hydrogens is 442 g/mol. The van der Waals surface area contributed by atoms with Crippen molar-refractivity contribution < 1.29 is 19.0 Å². The molecule has 0 aromatic heterocycles. The molecule has 3 aliphatic rings. The first-order valence-electron chi connectivity index (χ1n) is 13.6. The molecule has 3 N–H and O–H groups in total. The van der Waals surface area contributed by atoms with Gasteiger partial charge in [0, 0.05) is 42.7 Å². The standard InChI is InChI=1S/C27H47N5O3/c1-17(2)21-15-32-16-31(7)22(30-26(35)27(4,5)6)10-8-9-19-11-13-28-24(33)20(19)12-14-29-25(34)23(32)18(21)3/h16-23H,8-15H2,1-7H3,(H2-,28,29,30,33,34,35)/p+1/t18?,19-,20?,21+,22+,23?/m0/s1. The highest BCUT2D eigenvalue weighted by Crippen LogP contribution is 2.34. The van der Waals surface area contributed by atoms with E-state index in [0.717, 1.165) is 38.8 Å². The van der Waals surface area contributed by atoms with Gasteiger partial charge in [0.25, 0.3) is 5.91 Å². The van der Waals surface area contributed by atoms with Crippen LogP contribution in [0.15, 0.2) is 0 Å². The molecule has 3 amide bonds. The fourth-order valence-electron chi connectivity index (χ4n) is 6.11. The molecule has 3 aliphatic heterocycles. The summed E-state index contributed by atoms with van der Waals surface area (Å²) in [6, 6.07) is -0.261. The van der Waals surface area contributed by atoms with Gasteiger partial charge in [-0.3, -0.25) is 23.9 Å². The highest BCUT2D eigenvalue weighted by atomic mass is 16.2. The monoisotopic (exact) mass is 490 g/mol. The number of carbonyl (C=O) groups excluding carboxylic acids is 3. The lowest BCUT2D eigenvalue weighted by atomic mass is 9.80. The van der Waals surface area contributed by atoms with Gasteiger partial charge in [-0.1, -0.05) is 41.5 Å². The number of hydrogen-bond acceptors (Lipinski definition) is 4. The Balaban J connectivity index is 1.92. The summed E-state index contributed by atoms with van der Waals surface area (Å²) in [6.07, 6.45) is 6.20. The third kappa shape index (κ3) is 6.56. The number of fused-ring (bicyclic) bond motifs is 2. The fourth-order valence-corrected chi connectivity index (χ4v) is 6.11. The number of amides is 3. The van der Waals surface area contributed by atoms with E-state index in [-0.39, 0.29) is 41.8 Å². The van der Waals surface area contributed by atoms with E-state index >= 15 is 0 Å². The van der Waals surface area contributed by atoms with Crippen molar-refractivity contribution in [1.82, 2.24) is 20.9 Å². The summed E-state index contributed by atoms with van der Waals surface area (Å²) in [7, 11) is 2.00. The molecule has 8 nitrogen and oxygen atoms in total. The second-order valence-corrected chi connectivity index (χ2v) is 12.4. The van der Waals surface area contributed by atoms with Crippen LogP contribution >= 0.6 is 0 Å². The van der Waals surface area contributed by atoms with E-state index in [2.05, 4.69) is 52.5 Å². The summed E-state index contributed by atoms with van der Waals surface area (Å²) in [5.74, 6) is 1.48. The summed E-state index contributed by atoms with van der Waals surface area (Å²) in [5.41, 5.74) is -0.486. The number of nitrogens with zero attached hydrogens (tertiary/aromatic N) is 2. The summed E-state index contributed by atoms with van der Waals surface area (Å²) in [5, 5.41) is 9.43. The van der Waals surface area contributed by atoms with Crippen LogP contribution in [-0.2, 0) is 14.4 Å². The Bertz CT molecular complexity index is 818. The summed E-state index contributed by atoms with van der Waals surface area (Å²) >= 11 is 0. The van der Waals surface area contributed by atoms with Crippen molar-refractivity contribution in [3.63, 3.8) is 0 Å². The van der Waals surface area contributed by atoms with Gasteiger partial charge in [0.1, 0.15) is 0 Å². The maximum atomic E-state index is 13.4. The molecule has 0 bridgehead atoms. The average molecular weight is 491 g/mol. The van der Waals surface area contributed by atoms with Gasteiger partial charge in [0.2, 0.25) is 18.2 Å². The van der Waals surface area contributed by atoms with Crippen molar-refractivity contribution in [2.24, 2.45) is 35.0 Å². The molecule has 3 rings (SSSR count). The van der Waals surface area contributed by atoms with E-state index in [1.807, 2.05) is 27.8 Å². The largest absolute Gasteiger partial charge is 0.356 e. The molecule has 0 aromatic carbocycles. The van der Waals surface area contributed by atoms with Crippen LogP contribution in [0.3, 0.4) is 0 Å². The number of rotatable bonds is 2. The minimum absolute atomic E-state index is 0.0166. The number of nitrogens with one attached hydrogen (secondary N) is 3. The zero-order valence-corrected chi connectivity index (χ0v) is 22.9. The van der Waals surface area contributed by atoms with Gasteiger partial charge in [-0.05, 0) is 37.5 Å². The van der Waals surface area contributed by atoms with Crippen molar-refractivity contribution in [3.8, 4) is 0 Å². The van der Waals surface area contributed by atoms with Crippen molar-refractivity contribution in [2.75, 3.05) is 26.7 Å². The maximum absolute atomic E-state index is 13.4. The molecule has 2 saturated heterocycles. The average Bonchev–Trinajstić information content (AvgIpc) is 3.09. The third-order valence-corrected chi connectivity index (χ3v) is 8.41. The SMILES string of the molecule is CC(C)[C@H]1CN2/C=[N+](\C)[C@@H](NC(=O)C(C)(C)C)CCC[C@H]3CCNC(=O)C3CCNC(=O)C2C1C. The first-order chi connectivity index (χ1) is 16.4. The number of carbonyl (C=O) groups is 3. The quantitative estimate of drug-likeness (QED) is 0.517. The molecule has 3 heterocycles. The smallest absolute Gasteiger partial charge is 0.265 e. The molecule has 35 heavy (non-hydrogen) atoms. The summed E-state index contributed by atoms with van der Waals surface area (Å²) in [4.78, 5) is 41.2. The molecule has 0 aromatic rings. The Morgan fingerprint density at radius 1 is 1.09 bits per heavy atom. The minimum Gasteiger partial charge on any atom is -0.356 e. The van der Waals surface area contributed by atoms with E-state index in [1.165, 1.54) is 0 Å². The van der Waals surface area contributed by atoms with Gasteiger partial charge in [0.05, 0.1) is 13.6 Å². The first kappa shape index (κ1) is 27.5. The minimum atomic E-state index is -0.486. The molecular formula is C27H48N5O3+. The molecule has 6 atom stereocenters. The Morgan fingerprint density at radius 2 is 1.74 bits per heavy atom. The lowest BCUT2D eigenvalue weighted by Crippen LogP contribution is -2.51. The Hall–Kier alpha value is -2.12. The second-order valence-electron chi connectivity index (χ2n) is 12.4. The van der Waals surface area contributed by atoms with Crippen molar-refractivity contribution in [1.29, 1.82) is 0 Å². The van der Waals surface area contributed by atoms with E-state index < -0.39 is 5.41 Å². The van der Waals surface area contributed by atoms with Crippen LogP contribution in [0.4, 0.5) is 0 Å². The maximum Gasteiger partial charge on any atom is 0.265 e. The predicted molar refractivity (Wildman–Crippen MR) is 138 cm³/mol. The van der Waals surface area contributed by atoms with Crippen LogP contribution in [0.1, 0.15) is 73.6 Å². The van der Waals surface area contributed by atoms with Crippen LogP contribution in [0.5, 0.6) is 0 Å². The van der Waals surface area contributed by atoms with Gasteiger partial charge in [0.15, 0.2) is 12.2 Å². The van der Waals surface area contributed by atoms with Crippen molar-refractivity contribution in [2.45, 2.75) is 85.9 Å². The van der Waals surface area contributed by atoms with E-state index in [4.69, 9.17) is 0 Å². The molecule has 0 saturated carbocycles. The Kier molecular flexibility index (Phi) is 8.86. The molecule has 2 fully saturated rings. The van der Waals surface area contributed by atoms with Crippen LogP contribution < -0.4 is 16.0 Å². The fraction of sp³-hybridized carbons (Fsp3) is 0.852. The van der Waals surface area contributed by atoms with Crippen LogP contribution in [0.25, 0.3) is 0 Å². The molecule has 0 spiro atoms. The van der Waals surface area contributed by atoms with Gasteiger partial charge < -0.3 is 16.0 Å². The molecule has 0 radical (unpaired) electrons. The summed E-state index contributed by atoms with van der Waals surface area (Å²) in [6.45, 7) is 14.5. The summed E-state index contributed by atoms with van der Waals surface area (Å²) < 4.78 is 2.08. The number of hydrogen-bond donors (Lipinski definition) is 3. The van der Waals surface area contributed by atoms with Crippen LogP contribution in [0, 0.1) is 35.0 Å². The molecule has 3 unspecified atom stereocenters. The van der Waals surface area contributed by atoms with E-state index in [1.54, 1.807) is 0 Å². The molecule has 0 aliphatic carbocycles. The Labute approximate surface area is 211 Å². The van der Waals surface area contributed by atoms with Crippen LogP contribution in [0.2, 0.25) is 0 Å². The second kappa shape index (κ2) is 11.3. The third-order valence-electron chi connectivity index (χ3n) is 8.41. The molecule has 198 valence electrons. The van der Waals surface area contributed by atoms with E-state index in [0.29, 0.717) is 30.7 Å². The zero-order valence-electron chi connectivity index (χ0n) is 22.9. The lowest BCUT2D eigenvalue weighted by molar-refractivity contribution is -0.544. The van der Waals surface area contributed by atoms with Gasteiger partial charge >= 0.3 is 0 Å². The highest BCUT2D eigenvalue weighted by Gasteiger charge is 2.48. The van der Waals surface area contributed by atoms with Gasteiger partial charge in [-0.2, -0.15) is 0 Å². The highest BCUT2D eigenvalue weighted by molar-refractivity contribution is 5.85. The first-order valence-corrected chi connectivity index (χ1v) is 13.6. The Morgan fingerprint density at radius 3 is 2.40 bits per heavy atom. The topological polar surface area (TPSA) is 93.6 Å². The number of piperidine rings is 1. The van der Waals surface area contributed by atoms with Gasteiger partial charge in [-0.15, -0.1) is 0 Å². The van der Waals surface area contributed by atoms with Crippen LogP contribution in [-0.4, -0.2) is 72.4 Å². The zero-order chi connectivity index (χ0) is 25.9. The van der Waals surface area contributed by atoms with Crippen molar-refractivity contribution >= 4 is 24.1 Å². The predicted octanol–water partition coefficient (Wildman–Crippen LogP) is 2.18. The van der Waals surface area contributed by atoms with Crippen molar-refractivity contribution in [3.05, 3.63) is 0 Å².